The van der Waals surface area contributed by atoms with Crippen molar-refractivity contribution in [2.75, 3.05) is 47.2 Å². The number of aliphatic hydroxyl groups excluding tert-OH is 1. The third-order valence-corrected chi connectivity index (χ3v) is 2.03. The number of carbonyl (C=O) groups excluding carboxylic acids is 1. The molecule has 1 N–H and O–H groups in total. The Labute approximate surface area is 96.1 Å². The molecule has 1 atom stereocenters. The highest BCUT2D eigenvalue weighted by Crippen LogP contribution is 2.03. The van der Waals surface area contributed by atoms with Crippen LogP contribution < -0.4 is 0 Å². The minimum Gasteiger partial charge on any atom is -0.447 e. The van der Waals surface area contributed by atoms with Crippen LogP contribution >= 0.6 is 0 Å². The summed E-state index contributed by atoms with van der Waals surface area (Å²) in [4.78, 5) is 13.1. The lowest BCUT2D eigenvalue weighted by Crippen LogP contribution is -2.43. The average Bonchev–Trinajstić information content (AvgIpc) is 2.27. The summed E-state index contributed by atoms with van der Waals surface area (Å²) in [6.45, 7) is 2.98. The summed E-state index contributed by atoms with van der Waals surface area (Å²) < 4.78 is 14.7. The van der Waals surface area contributed by atoms with Crippen molar-refractivity contribution < 1.29 is 24.1 Å². The zero-order chi connectivity index (χ0) is 12.4. The number of methoxy groups -OCH3 is 2. The van der Waals surface area contributed by atoms with Crippen LogP contribution in [0.1, 0.15) is 6.92 Å². The molecule has 0 rings (SSSR count). The number of carbonyl (C=O) groups is 1. The largest absolute Gasteiger partial charge is 0.447 e. The second-order valence-electron chi connectivity index (χ2n) is 3.33. The zero-order valence-electron chi connectivity index (χ0n) is 10.1. The Bertz CT molecular complexity index is 188. The van der Waals surface area contributed by atoms with Gasteiger partial charge >= 0.3 is 6.09 Å². The lowest BCUT2D eigenvalue weighted by Gasteiger charge is -2.27. The minimum atomic E-state index is -0.462. The molecule has 0 aromatic heterocycles. The molecule has 0 saturated heterocycles. The normalized spacial score (nSPS) is 12.2. The van der Waals surface area contributed by atoms with E-state index < -0.39 is 6.09 Å². The predicted octanol–water partition coefficient (Wildman–Crippen LogP) is 0.0986. The molecule has 6 heteroatoms. The number of aliphatic hydroxyl groups is 1. The average molecular weight is 235 g/mol. The molecule has 0 heterocycles. The minimum absolute atomic E-state index is 0.00200. The Morgan fingerprint density at radius 1 is 1.31 bits per heavy atom. The Balaban J connectivity index is 4.21. The molecule has 0 fully saturated rings. The summed E-state index contributed by atoms with van der Waals surface area (Å²) >= 11 is 0. The maximum absolute atomic E-state index is 11.6. The number of rotatable bonds is 8. The molecule has 0 aromatic rings. The monoisotopic (exact) mass is 235 g/mol. The van der Waals surface area contributed by atoms with Gasteiger partial charge in [0, 0.05) is 20.8 Å². The van der Waals surface area contributed by atoms with Crippen LogP contribution in [0.15, 0.2) is 0 Å². The lowest BCUT2D eigenvalue weighted by molar-refractivity contribution is 0.0426. The van der Waals surface area contributed by atoms with E-state index in [0.29, 0.717) is 19.8 Å². The van der Waals surface area contributed by atoms with Gasteiger partial charge in [-0.3, -0.25) is 0 Å². The van der Waals surface area contributed by atoms with Gasteiger partial charge in [0.05, 0.1) is 25.9 Å². The SMILES string of the molecule is COCCN(C(=O)OCCO)C(C)COC. The van der Waals surface area contributed by atoms with Crippen molar-refractivity contribution in [1.29, 1.82) is 0 Å². The van der Waals surface area contributed by atoms with Gasteiger partial charge in [-0.2, -0.15) is 0 Å². The first-order valence-corrected chi connectivity index (χ1v) is 5.19. The number of nitrogens with zero attached hydrogens (tertiary/aromatic N) is 1. The highest BCUT2D eigenvalue weighted by atomic mass is 16.6. The summed E-state index contributed by atoms with van der Waals surface area (Å²) in [5.41, 5.74) is 0. The van der Waals surface area contributed by atoms with Crippen LogP contribution in [0.3, 0.4) is 0 Å². The second kappa shape index (κ2) is 9.38. The van der Waals surface area contributed by atoms with E-state index in [1.165, 1.54) is 4.90 Å². The number of hydrogen-bond acceptors (Lipinski definition) is 5. The first-order valence-electron chi connectivity index (χ1n) is 5.19. The maximum atomic E-state index is 11.6. The molecule has 0 aliphatic rings. The standard InChI is InChI=1S/C10H21NO5/c1-9(8-15-3)11(4-6-14-2)10(13)16-7-5-12/h9,12H,4-8H2,1-3H3. The van der Waals surface area contributed by atoms with Crippen LogP contribution in [-0.2, 0) is 14.2 Å². The lowest BCUT2D eigenvalue weighted by atomic mass is 10.3. The van der Waals surface area contributed by atoms with Gasteiger partial charge < -0.3 is 24.2 Å². The third-order valence-electron chi connectivity index (χ3n) is 2.03. The smallest absolute Gasteiger partial charge is 0.410 e. The van der Waals surface area contributed by atoms with E-state index in [9.17, 15) is 4.79 Å². The van der Waals surface area contributed by atoms with E-state index in [1.807, 2.05) is 6.92 Å². The number of amides is 1. The molecule has 0 aliphatic heterocycles. The molecule has 6 nitrogen and oxygen atoms in total. The van der Waals surface area contributed by atoms with Crippen molar-refractivity contribution in [3.8, 4) is 0 Å². The summed E-state index contributed by atoms with van der Waals surface area (Å²) in [7, 11) is 3.14. The van der Waals surface area contributed by atoms with Gasteiger partial charge in [0.1, 0.15) is 6.61 Å². The topological polar surface area (TPSA) is 68.2 Å². The summed E-state index contributed by atoms with van der Waals surface area (Å²) in [5.74, 6) is 0. The second-order valence-corrected chi connectivity index (χ2v) is 3.33. The van der Waals surface area contributed by atoms with Crippen molar-refractivity contribution in [2.45, 2.75) is 13.0 Å². The van der Waals surface area contributed by atoms with Crippen molar-refractivity contribution in [3.05, 3.63) is 0 Å². The van der Waals surface area contributed by atoms with Gasteiger partial charge in [-0.05, 0) is 6.92 Å². The van der Waals surface area contributed by atoms with E-state index in [2.05, 4.69) is 0 Å². The molecule has 1 amide bonds. The number of ether oxygens (including phenoxy) is 3. The van der Waals surface area contributed by atoms with Crippen LogP contribution in [0.25, 0.3) is 0 Å². The molecular weight excluding hydrogens is 214 g/mol. The molecule has 1 unspecified atom stereocenters. The van der Waals surface area contributed by atoms with E-state index >= 15 is 0 Å². The fourth-order valence-corrected chi connectivity index (χ4v) is 1.23. The van der Waals surface area contributed by atoms with E-state index in [4.69, 9.17) is 19.3 Å². The predicted molar refractivity (Wildman–Crippen MR) is 58.4 cm³/mol. The van der Waals surface area contributed by atoms with Crippen molar-refractivity contribution >= 4 is 6.09 Å². The highest BCUT2D eigenvalue weighted by Gasteiger charge is 2.20. The van der Waals surface area contributed by atoms with Crippen LogP contribution in [0.5, 0.6) is 0 Å². The van der Waals surface area contributed by atoms with Crippen molar-refractivity contribution in [3.63, 3.8) is 0 Å². The quantitative estimate of drug-likeness (QED) is 0.646. The molecule has 0 radical (unpaired) electrons. The first kappa shape index (κ1) is 15.2. The molecule has 96 valence electrons. The van der Waals surface area contributed by atoms with Crippen LogP contribution in [-0.4, -0.2) is 69.3 Å². The van der Waals surface area contributed by atoms with Gasteiger partial charge in [-0.15, -0.1) is 0 Å². The van der Waals surface area contributed by atoms with Crippen LogP contribution in [0.4, 0.5) is 4.79 Å². The fourth-order valence-electron chi connectivity index (χ4n) is 1.23. The van der Waals surface area contributed by atoms with E-state index in [-0.39, 0.29) is 19.3 Å². The van der Waals surface area contributed by atoms with Crippen LogP contribution in [0, 0.1) is 0 Å². The van der Waals surface area contributed by atoms with Crippen LogP contribution in [0.2, 0.25) is 0 Å². The zero-order valence-corrected chi connectivity index (χ0v) is 10.1. The maximum Gasteiger partial charge on any atom is 0.410 e. The van der Waals surface area contributed by atoms with E-state index in [0.717, 1.165) is 0 Å². The third kappa shape index (κ3) is 5.89. The van der Waals surface area contributed by atoms with Gasteiger partial charge in [0.2, 0.25) is 0 Å². The Hall–Kier alpha value is -0.850. The van der Waals surface area contributed by atoms with Gasteiger partial charge in [0.15, 0.2) is 0 Å². The molecular formula is C10H21NO5. The Kier molecular flexibility index (Phi) is 8.88. The summed E-state index contributed by atoms with van der Waals surface area (Å²) in [5, 5.41) is 8.57. The highest BCUT2D eigenvalue weighted by molar-refractivity contribution is 5.68. The Morgan fingerprint density at radius 2 is 2.00 bits per heavy atom. The van der Waals surface area contributed by atoms with Gasteiger partial charge in [-0.1, -0.05) is 0 Å². The molecule has 0 aliphatic carbocycles. The summed E-state index contributed by atoms with van der Waals surface area (Å²) in [6.07, 6.45) is -0.462. The summed E-state index contributed by atoms with van der Waals surface area (Å²) in [6, 6.07) is -0.0913. The Morgan fingerprint density at radius 3 is 2.50 bits per heavy atom. The van der Waals surface area contributed by atoms with Gasteiger partial charge in [-0.25, -0.2) is 4.79 Å². The van der Waals surface area contributed by atoms with Gasteiger partial charge in [0.25, 0.3) is 0 Å². The fraction of sp³-hybridized carbons (Fsp3) is 0.900. The molecule has 0 bridgehead atoms. The molecule has 0 saturated carbocycles. The first-order chi connectivity index (χ1) is 7.67. The van der Waals surface area contributed by atoms with Crippen molar-refractivity contribution in [1.82, 2.24) is 4.90 Å². The van der Waals surface area contributed by atoms with Crippen molar-refractivity contribution in [2.24, 2.45) is 0 Å². The molecule has 0 spiro atoms. The van der Waals surface area contributed by atoms with E-state index in [1.54, 1.807) is 14.2 Å². The molecule has 0 aromatic carbocycles. The molecule has 16 heavy (non-hydrogen) atoms. The number of hydrogen-bond donors (Lipinski definition) is 1.